The van der Waals surface area contributed by atoms with Crippen molar-refractivity contribution in [2.24, 2.45) is 0 Å². The maximum absolute atomic E-state index is 12.4. The first-order chi connectivity index (χ1) is 13.9. The van der Waals surface area contributed by atoms with E-state index in [9.17, 15) is 19.7 Å². The molecular formula is C22H15NO6. The van der Waals surface area contributed by atoms with Crippen LogP contribution in [0.5, 0.6) is 0 Å². The number of nitro groups is 1. The summed E-state index contributed by atoms with van der Waals surface area (Å²) < 4.78 is 10.6. The van der Waals surface area contributed by atoms with E-state index in [1.165, 1.54) is 24.3 Å². The number of hydrogen-bond acceptors (Lipinski definition) is 6. The number of nitro benzene ring substituents is 1. The van der Waals surface area contributed by atoms with Crippen molar-refractivity contribution in [1.82, 2.24) is 0 Å². The Balaban J connectivity index is 1.71. The van der Waals surface area contributed by atoms with Gasteiger partial charge in [0.1, 0.15) is 12.2 Å². The molecule has 0 amide bonds. The molecule has 0 saturated heterocycles. The molecule has 0 spiro atoms. The van der Waals surface area contributed by atoms with Crippen molar-refractivity contribution < 1.29 is 18.9 Å². The van der Waals surface area contributed by atoms with Crippen LogP contribution >= 0.6 is 0 Å². The highest BCUT2D eigenvalue weighted by Crippen LogP contribution is 2.28. The number of carbonyl (C=O) groups is 1. The molecule has 7 heteroatoms. The molecule has 0 radical (unpaired) electrons. The first-order valence-electron chi connectivity index (χ1n) is 8.81. The summed E-state index contributed by atoms with van der Waals surface area (Å²) in [4.78, 5) is 34.9. The van der Waals surface area contributed by atoms with Gasteiger partial charge in [-0.25, -0.2) is 9.59 Å². The molecule has 0 bridgehead atoms. The van der Waals surface area contributed by atoms with Crippen molar-refractivity contribution in [1.29, 1.82) is 0 Å². The predicted molar refractivity (Wildman–Crippen MR) is 107 cm³/mol. The van der Waals surface area contributed by atoms with Gasteiger partial charge >= 0.3 is 11.6 Å². The molecule has 4 rings (SSSR count). The molecule has 7 nitrogen and oxygen atoms in total. The minimum absolute atomic E-state index is 0.0689. The molecule has 0 unspecified atom stereocenters. The van der Waals surface area contributed by atoms with E-state index in [4.69, 9.17) is 9.15 Å². The van der Waals surface area contributed by atoms with E-state index in [1.54, 1.807) is 13.0 Å². The average molecular weight is 389 g/mol. The van der Waals surface area contributed by atoms with Gasteiger partial charge in [-0.2, -0.15) is 0 Å². The summed E-state index contributed by atoms with van der Waals surface area (Å²) in [5.41, 5.74) is 0.710. The van der Waals surface area contributed by atoms with Crippen LogP contribution in [0.25, 0.3) is 21.7 Å². The molecule has 0 aliphatic heterocycles. The monoisotopic (exact) mass is 389 g/mol. The third-order valence-corrected chi connectivity index (χ3v) is 4.71. The van der Waals surface area contributed by atoms with Crippen molar-refractivity contribution in [3.05, 3.63) is 97.9 Å². The van der Waals surface area contributed by atoms with Gasteiger partial charge in [-0.1, -0.05) is 36.4 Å². The molecule has 144 valence electrons. The fraction of sp³-hybridized carbons (Fsp3) is 0.0909. The zero-order valence-electron chi connectivity index (χ0n) is 15.4. The molecule has 0 N–H and O–H groups in total. The number of rotatable bonds is 4. The van der Waals surface area contributed by atoms with Crippen LogP contribution in [0.2, 0.25) is 0 Å². The van der Waals surface area contributed by atoms with Crippen LogP contribution in [0.3, 0.4) is 0 Å². The summed E-state index contributed by atoms with van der Waals surface area (Å²) in [6.07, 6.45) is 0. The van der Waals surface area contributed by atoms with E-state index in [2.05, 4.69) is 0 Å². The highest BCUT2D eigenvalue weighted by Gasteiger charge is 2.17. The standard InChI is InChI=1S/C22H15NO6/c1-13-6-7-15(10-18(13)23(26)27)22(25)28-12-16-11-20(24)29-19-9-8-14-4-2-3-5-17(14)21(16)19/h2-11H,12H2,1H3. The maximum atomic E-state index is 12.4. The lowest BCUT2D eigenvalue weighted by molar-refractivity contribution is -0.385. The van der Waals surface area contributed by atoms with E-state index in [0.717, 1.165) is 10.8 Å². The van der Waals surface area contributed by atoms with E-state index in [-0.39, 0.29) is 17.9 Å². The summed E-state index contributed by atoms with van der Waals surface area (Å²) in [7, 11) is 0. The Hall–Kier alpha value is -4.00. The number of carbonyl (C=O) groups excluding carboxylic acids is 1. The number of hydrogen-bond donors (Lipinski definition) is 0. The number of fused-ring (bicyclic) bond motifs is 3. The van der Waals surface area contributed by atoms with Crippen molar-refractivity contribution >= 4 is 33.4 Å². The van der Waals surface area contributed by atoms with E-state index >= 15 is 0 Å². The second-order valence-electron chi connectivity index (χ2n) is 6.59. The SMILES string of the molecule is Cc1ccc(C(=O)OCc2cc(=O)oc3ccc4ccccc4c23)cc1[N+](=O)[O-]. The lowest BCUT2D eigenvalue weighted by atomic mass is 10.0. The van der Waals surface area contributed by atoms with Gasteiger partial charge in [0.25, 0.3) is 5.69 Å². The van der Waals surface area contributed by atoms with Crippen LogP contribution < -0.4 is 5.63 Å². The molecular weight excluding hydrogens is 374 g/mol. The van der Waals surface area contributed by atoms with Crippen LogP contribution in [-0.4, -0.2) is 10.9 Å². The van der Waals surface area contributed by atoms with Gasteiger partial charge in [0, 0.05) is 28.6 Å². The van der Waals surface area contributed by atoms with Crippen LogP contribution in [0.15, 0.2) is 69.9 Å². The zero-order chi connectivity index (χ0) is 20.5. The van der Waals surface area contributed by atoms with Gasteiger partial charge in [-0.3, -0.25) is 10.1 Å². The fourth-order valence-corrected chi connectivity index (χ4v) is 3.29. The highest BCUT2D eigenvalue weighted by atomic mass is 16.6. The first kappa shape index (κ1) is 18.4. The Kier molecular flexibility index (Phi) is 4.56. The van der Waals surface area contributed by atoms with Crippen LogP contribution in [0, 0.1) is 17.0 Å². The molecule has 1 heterocycles. The second-order valence-corrected chi connectivity index (χ2v) is 6.59. The molecule has 1 aromatic heterocycles. The third-order valence-electron chi connectivity index (χ3n) is 4.71. The van der Waals surface area contributed by atoms with Crippen LogP contribution in [0.1, 0.15) is 21.5 Å². The minimum Gasteiger partial charge on any atom is -0.457 e. The van der Waals surface area contributed by atoms with Crippen LogP contribution in [0.4, 0.5) is 5.69 Å². The Bertz CT molecular complexity index is 1340. The lowest BCUT2D eigenvalue weighted by Crippen LogP contribution is -2.08. The number of benzene rings is 3. The smallest absolute Gasteiger partial charge is 0.338 e. The average Bonchev–Trinajstić information content (AvgIpc) is 2.71. The van der Waals surface area contributed by atoms with Gasteiger partial charge in [0.2, 0.25) is 0 Å². The molecule has 3 aromatic carbocycles. The number of nitrogens with zero attached hydrogens (tertiary/aromatic N) is 1. The Morgan fingerprint density at radius 1 is 1.10 bits per heavy atom. The van der Waals surface area contributed by atoms with Gasteiger partial charge < -0.3 is 9.15 Å². The quantitative estimate of drug-likeness (QED) is 0.167. The molecule has 0 atom stereocenters. The molecule has 0 fully saturated rings. The second kappa shape index (κ2) is 7.20. The first-order valence-corrected chi connectivity index (χ1v) is 8.81. The van der Waals surface area contributed by atoms with Crippen molar-refractivity contribution in [2.75, 3.05) is 0 Å². The van der Waals surface area contributed by atoms with Gasteiger partial charge in [0.05, 0.1) is 10.5 Å². The Labute approximate surface area is 164 Å². The Morgan fingerprint density at radius 3 is 2.69 bits per heavy atom. The number of esters is 1. The lowest BCUT2D eigenvalue weighted by Gasteiger charge is -2.10. The third kappa shape index (κ3) is 3.45. The fourth-order valence-electron chi connectivity index (χ4n) is 3.29. The van der Waals surface area contributed by atoms with Crippen LogP contribution in [-0.2, 0) is 11.3 Å². The van der Waals surface area contributed by atoms with Crippen molar-refractivity contribution in [3.63, 3.8) is 0 Å². The highest BCUT2D eigenvalue weighted by molar-refractivity contribution is 6.07. The molecule has 0 saturated carbocycles. The van der Waals surface area contributed by atoms with Gasteiger partial charge in [0.15, 0.2) is 0 Å². The van der Waals surface area contributed by atoms with Crippen molar-refractivity contribution in [3.8, 4) is 0 Å². The van der Waals surface area contributed by atoms with Gasteiger partial charge in [-0.15, -0.1) is 0 Å². The summed E-state index contributed by atoms with van der Waals surface area (Å²) in [5, 5.41) is 13.6. The van der Waals surface area contributed by atoms with Gasteiger partial charge in [-0.05, 0) is 29.8 Å². The predicted octanol–water partition coefficient (Wildman–Crippen LogP) is 4.52. The molecule has 0 aliphatic carbocycles. The van der Waals surface area contributed by atoms with E-state index in [1.807, 2.05) is 30.3 Å². The Morgan fingerprint density at radius 2 is 1.90 bits per heavy atom. The van der Waals surface area contributed by atoms with Crippen molar-refractivity contribution in [2.45, 2.75) is 13.5 Å². The number of ether oxygens (including phenoxy) is 1. The summed E-state index contributed by atoms with van der Waals surface area (Å²) in [6.45, 7) is 1.42. The number of aryl methyl sites for hydroxylation is 1. The molecule has 29 heavy (non-hydrogen) atoms. The summed E-state index contributed by atoms with van der Waals surface area (Å²) in [5.74, 6) is -0.713. The van der Waals surface area contributed by atoms with E-state index < -0.39 is 16.5 Å². The summed E-state index contributed by atoms with van der Waals surface area (Å²) in [6, 6.07) is 16.6. The summed E-state index contributed by atoms with van der Waals surface area (Å²) >= 11 is 0. The normalized spacial score (nSPS) is 10.9. The largest absolute Gasteiger partial charge is 0.457 e. The topological polar surface area (TPSA) is 99.7 Å². The molecule has 4 aromatic rings. The zero-order valence-corrected chi connectivity index (χ0v) is 15.4. The minimum atomic E-state index is -0.713. The van der Waals surface area contributed by atoms with E-state index in [0.29, 0.717) is 22.1 Å². The maximum Gasteiger partial charge on any atom is 0.338 e. The molecule has 0 aliphatic rings.